The molecule has 1 unspecified atom stereocenters. The van der Waals surface area contributed by atoms with Crippen LogP contribution in [0.4, 0.5) is 0 Å². The molecule has 0 fully saturated rings. The quantitative estimate of drug-likeness (QED) is 0.765. The first-order valence-electron chi connectivity index (χ1n) is 5.04. The number of aromatic nitrogens is 1. The standard InChI is InChI=1S/C10H14N2O3/c11-6-10(4-8(13)14)3-1-2-7-5-12-15-9(7)10/h5H,1-4,6,11H2,(H,13,14). The van der Waals surface area contributed by atoms with Gasteiger partial charge in [-0.15, -0.1) is 0 Å². The van der Waals surface area contributed by atoms with Crippen molar-refractivity contribution in [2.75, 3.05) is 6.54 Å². The molecule has 0 spiro atoms. The van der Waals surface area contributed by atoms with E-state index in [0.717, 1.165) is 24.8 Å². The molecule has 1 heterocycles. The van der Waals surface area contributed by atoms with Crippen molar-refractivity contribution in [2.24, 2.45) is 5.73 Å². The molecule has 0 bridgehead atoms. The van der Waals surface area contributed by atoms with Crippen molar-refractivity contribution in [3.8, 4) is 0 Å². The fourth-order valence-electron chi connectivity index (χ4n) is 2.33. The Balaban J connectivity index is 2.39. The summed E-state index contributed by atoms with van der Waals surface area (Å²) >= 11 is 0. The Labute approximate surface area is 87.2 Å². The Morgan fingerprint density at radius 1 is 1.73 bits per heavy atom. The van der Waals surface area contributed by atoms with Crippen LogP contribution in [0.1, 0.15) is 30.6 Å². The lowest BCUT2D eigenvalue weighted by atomic mass is 9.72. The zero-order valence-electron chi connectivity index (χ0n) is 8.40. The van der Waals surface area contributed by atoms with Gasteiger partial charge >= 0.3 is 5.97 Å². The Morgan fingerprint density at radius 2 is 2.53 bits per heavy atom. The van der Waals surface area contributed by atoms with Crippen molar-refractivity contribution < 1.29 is 14.4 Å². The lowest BCUT2D eigenvalue weighted by molar-refractivity contribution is -0.138. The summed E-state index contributed by atoms with van der Waals surface area (Å²) in [7, 11) is 0. The molecule has 0 saturated heterocycles. The number of nitrogens with zero attached hydrogens (tertiary/aromatic N) is 1. The molecule has 5 heteroatoms. The zero-order chi connectivity index (χ0) is 10.9. The monoisotopic (exact) mass is 210 g/mol. The average molecular weight is 210 g/mol. The molecule has 0 aliphatic heterocycles. The fraction of sp³-hybridized carbons (Fsp3) is 0.600. The van der Waals surface area contributed by atoms with Crippen molar-refractivity contribution in [1.29, 1.82) is 0 Å². The van der Waals surface area contributed by atoms with E-state index in [4.69, 9.17) is 15.4 Å². The predicted molar refractivity (Wildman–Crippen MR) is 52.4 cm³/mol. The Hall–Kier alpha value is -1.36. The Bertz CT molecular complexity index is 374. The maximum absolute atomic E-state index is 10.8. The van der Waals surface area contributed by atoms with Crippen LogP contribution in [0.5, 0.6) is 0 Å². The van der Waals surface area contributed by atoms with Gasteiger partial charge in [-0.3, -0.25) is 4.79 Å². The number of rotatable bonds is 3. The summed E-state index contributed by atoms with van der Waals surface area (Å²) in [6.07, 6.45) is 4.29. The topological polar surface area (TPSA) is 89.4 Å². The van der Waals surface area contributed by atoms with Gasteiger partial charge in [-0.1, -0.05) is 5.16 Å². The number of carboxylic acids is 1. The maximum Gasteiger partial charge on any atom is 0.304 e. The molecule has 0 radical (unpaired) electrons. The minimum Gasteiger partial charge on any atom is -0.481 e. The molecule has 15 heavy (non-hydrogen) atoms. The van der Waals surface area contributed by atoms with Crippen LogP contribution in [0.3, 0.4) is 0 Å². The minimum atomic E-state index is -0.843. The van der Waals surface area contributed by atoms with E-state index >= 15 is 0 Å². The highest BCUT2D eigenvalue weighted by Crippen LogP contribution is 2.39. The van der Waals surface area contributed by atoms with E-state index in [1.165, 1.54) is 0 Å². The highest BCUT2D eigenvalue weighted by molar-refractivity contribution is 5.69. The second-order valence-corrected chi connectivity index (χ2v) is 4.09. The molecule has 1 atom stereocenters. The number of hydrogen-bond acceptors (Lipinski definition) is 4. The first-order chi connectivity index (χ1) is 7.18. The van der Waals surface area contributed by atoms with E-state index in [9.17, 15) is 4.79 Å². The zero-order valence-corrected chi connectivity index (χ0v) is 8.40. The summed E-state index contributed by atoms with van der Waals surface area (Å²) < 4.78 is 5.17. The Kier molecular flexibility index (Phi) is 2.48. The number of aliphatic carboxylic acids is 1. The number of carbonyl (C=O) groups is 1. The molecule has 0 saturated carbocycles. The first kappa shape index (κ1) is 10.2. The van der Waals surface area contributed by atoms with Crippen LogP contribution in [0, 0.1) is 0 Å². The Morgan fingerprint density at radius 3 is 3.20 bits per heavy atom. The lowest BCUT2D eigenvalue weighted by Gasteiger charge is -2.32. The van der Waals surface area contributed by atoms with Crippen LogP contribution >= 0.6 is 0 Å². The summed E-state index contributed by atoms with van der Waals surface area (Å²) in [4.78, 5) is 10.8. The molecule has 3 N–H and O–H groups in total. The van der Waals surface area contributed by atoms with Gasteiger partial charge in [-0.2, -0.15) is 0 Å². The third kappa shape index (κ3) is 1.63. The van der Waals surface area contributed by atoms with Gasteiger partial charge in [0.25, 0.3) is 0 Å². The van der Waals surface area contributed by atoms with Crippen molar-refractivity contribution in [1.82, 2.24) is 5.16 Å². The van der Waals surface area contributed by atoms with E-state index in [1.807, 2.05) is 0 Å². The second-order valence-electron chi connectivity index (χ2n) is 4.09. The number of aryl methyl sites for hydroxylation is 1. The van der Waals surface area contributed by atoms with Gasteiger partial charge in [0.05, 0.1) is 18.0 Å². The lowest BCUT2D eigenvalue weighted by Crippen LogP contribution is -2.39. The van der Waals surface area contributed by atoms with Crippen LogP contribution in [-0.2, 0) is 16.6 Å². The third-order valence-corrected chi connectivity index (χ3v) is 3.11. The van der Waals surface area contributed by atoms with E-state index in [-0.39, 0.29) is 6.42 Å². The molecular formula is C10H14N2O3. The normalized spacial score (nSPS) is 24.9. The highest BCUT2D eigenvalue weighted by atomic mass is 16.5. The van der Waals surface area contributed by atoms with E-state index < -0.39 is 11.4 Å². The van der Waals surface area contributed by atoms with E-state index in [0.29, 0.717) is 12.3 Å². The number of nitrogens with two attached hydrogens (primary N) is 1. The molecule has 1 aromatic rings. The largest absolute Gasteiger partial charge is 0.481 e. The maximum atomic E-state index is 10.8. The van der Waals surface area contributed by atoms with Crippen molar-refractivity contribution in [3.05, 3.63) is 17.5 Å². The summed E-state index contributed by atoms with van der Waals surface area (Å²) in [6, 6.07) is 0. The molecular weight excluding hydrogens is 196 g/mol. The van der Waals surface area contributed by atoms with Crippen LogP contribution in [0.25, 0.3) is 0 Å². The fourth-order valence-corrected chi connectivity index (χ4v) is 2.33. The van der Waals surface area contributed by atoms with E-state index in [1.54, 1.807) is 6.20 Å². The van der Waals surface area contributed by atoms with Gasteiger partial charge in [0.1, 0.15) is 5.76 Å². The van der Waals surface area contributed by atoms with Crippen LogP contribution in [0.2, 0.25) is 0 Å². The van der Waals surface area contributed by atoms with Crippen LogP contribution < -0.4 is 5.73 Å². The van der Waals surface area contributed by atoms with Crippen molar-refractivity contribution >= 4 is 5.97 Å². The molecule has 1 aromatic heterocycles. The summed E-state index contributed by atoms with van der Waals surface area (Å²) in [5.74, 6) is -0.164. The van der Waals surface area contributed by atoms with E-state index in [2.05, 4.69) is 5.16 Å². The number of carboxylic acid groups (broad SMARTS) is 1. The molecule has 1 aliphatic rings. The van der Waals surface area contributed by atoms with Crippen molar-refractivity contribution in [3.63, 3.8) is 0 Å². The smallest absolute Gasteiger partial charge is 0.304 e. The van der Waals surface area contributed by atoms with Crippen LogP contribution in [0.15, 0.2) is 10.7 Å². The van der Waals surface area contributed by atoms with Crippen LogP contribution in [-0.4, -0.2) is 22.8 Å². The first-order valence-corrected chi connectivity index (χ1v) is 5.04. The highest BCUT2D eigenvalue weighted by Gasteiger charge is 2.41. The summed E-state index contributed by atoms with van der Waals surface area (Å²) in [5, 5.41) is 12.6. The molecule has 2 rings (SSSR count). The van der Waals surface area contributed by atoms with Gasteiger partial charge in [0.15, 0.2) is 0 Å². The average Bonchev–Trinajstić information content (AvgIpc) is 2.66. The van der Waals surface area contributed by atoms with Crippen molar-refractivity contribution in [2.45, 2.75) is 31.1 Å². The minimum absolute atomic E-state index is 0.0195. The SMILES string of the molecule is NCC1(CC(=O)O)CCCc2cnoc21. The van der Waals surface area contributed by atoms with Gasteiger partial charge in [0.2, 0.25) is 0 Å². The summed E-state index contributed by atoms with van der Waals surface area (Å²) in [5.41, 5.74) is 6.17. The molecule has 82 valence electrons. The van der Waals surface area contributed by atoms with Gasteiger partial charge in [-0.05, 0) is 19.3 Å². The molecule has 1 aliphatic carbocycles. The molecule has 5 nitrogen and oxygen atoms in total. The van der Waals surface area contributed by atoms with Gasteiger partial charge in [0, 0.05) is 12.1 Å². The number of fused-ring (bicyclic) bond motifs is 1. The van der Waals surface area contributed by atoms with Gasteiger partial charge in [-0.25, -0.2) is 0 Å². The molecule has 0 aromatic carbocycles. The predicted octanol–water partition coefficient (Wildman–Crippen LogP) is 0.682. The summed E-state index contributed by atoms with van der Waals surface area (Å²) in [6.45, 7) is 0.293. The third-order valence-electron chi connectivity index (χ3n) is 3.11. The van der Waals surface area contributed by atoms with Gasteiger partial charge < -0.3 is 15.4 Å². The molecule has 0 amide bonds. The number of hydrogen-bond donors (Lipinski definition) is 2. The second kappa shape index (κ2) is 3.66.